The second-order valence-electron chi connectivity index (χ2n) is 5.08. The molecule has 0 aliphatic carbocycles. The van der Waals surface area contributed by atoms with Crippen LogP contribution in [0.15, 0.2) is 0 Å². The van der Waals surface area contributed by atoms with Gasteiger partial charge in [0, 0.05) is 26.4 Å². The summed E-state index contributed by atoms with van der Waals surface area (Å²) in [5.41, 5.74) is 0.141. The third-order valence-corrected chi connectivity index (χ3v) is 3.99. The summed E-state index contributed by atoms with van der Waals surface area (Å²) in [7, 11) is 1.77. The Hall–Kier alpha value is -0.120. The molecule has 1 atom stereocenters. The predicted octanol–water partition coefficient (Wildman–Crippen LogP) is 2.74. The van der Waals surface area contributed by atoms with Gasteiger partial charge in [0.15, 0.2) is 0 Å². The smallest absolute Gasteiger partial charge is 0.0692 e. The van der Waals surface area contributed by atoms with E-state index in [9.17, 15) is 0 Å². The van der Waals surface area contributed by atoms with Gasteiger partial charge >= 0.3 is 0 Å². The summed E-state index contributed by atoms with van der Waals surface area (Å²) in [6, 6.07) is 0.645. The Kier molecular flexibility index (Phi) is 7.09. The first-order valence-electron chi connectivity index (χ1n) is 7.12. The summed E-state index contributed by atoms with van der Waals surface area (Å²) in [4.78, 5) is 0. The van der Waals surface area contributed by atoms with Crippen LogP contribution >= 0.6 is 0 Å². The number of methoxy groups -OCH3 is 1. The van der Waals surface area contributed by atoms with Crippen molar-refractivity contribution in [3.8, 4) is 0 Å². The molecule has 0 aromatic heterocycles. The summed E-state index contributed by atoms with van der Waals surface area (Å²) in [6.07, 6.45) is 6.95. The summed E-state index contributed by atoms with van der Waals surface area (Å²) in [5, 5.41) is 3.67. The minimum absolute atomic E-state index is 0.141. The molecule has 1 heterocycles. The molecule has 0 bridgehead atoms. The molecule has 3 nitrogen and oxygen atoms in total. The van der Waals surface area contributed by atoms with Gasteiger partial charge in [-0.3, -0.25) is 0 Å². The van der Waals surface area contributed by atoms with Crippen LogP contribution in [0, 0.1) is 0 Å². The van der Waals surface area contributed by atoms with Crippen molar-refractivity contribution in [3.05, 3.63) is 0 Å². The van der Waals surface area contributed by atoms with E-state index in [1.165, 1.54) is 12.8 Å². The lowest BCUT2D eigenvalue weighted by Gasteiger charge is -2.40. The maximum atomic E-state index is 5.98. The number of nitrogens with one attached hydrogen (secondary N) is 1. The topological polar surface area (TPSA) is 30.5 Å². The fourth-order valence-corrected chi connectivity index (χ4v) is 2.62. The van der Waals surface area contributed by atoms with Crippen molar-refractivity contribution in [2.24, 2.45) is 0 Å². The lowest BCUT2D eigenvalue weighted by atomic mass is 9.86. The number of hydrogen-bond acceptors (Lipinski definition) is 3. The summed E-state index contributed by atoms with van der Waals surface area (Å²) in [6.45, 7) is 7.38. The second kappa shape index (κ2) is 8.06. The maximum absolute atomic E-state index is 5.98. The molecule has 0 aromatic carbocycles. The highest BCUT2D eigenvalue weighted by molar-refractivity contribution is 4.87. The maximum Gasteiger partial charge on any atom is 0.0692 e. The monoisotopic (exact) mass is 243 g/mol. The Morgan fingerprint density at radius 1 is 1.29 bits per heavy atom. The van der Waals surface area contributed by atoms with Gasteiger partial charge in [-0.05, 0) is 45.1 Å². The van der Waals surface area contributed by atoms with Gasteiger partial charge in [0.1, 0.15) is 0 Å². The van der Waals surface area contributed by atoms with Crippen LogP contribution in [0.3, 0.4) is 0 Å². The van der Waals surface area contributed by atoms with E-state index in [2.05, 4.69) is 19.2 Å². The van der Waals surface area contributed by atoms with Gasteiger partial charge in [-0.15, -0.1) is 0 Å². The van der Waals surface area contributed by atoms with E-state index < -0.39 is 0 Å². The third kappa shape index (κ3) is 4.94. The van der Waals surface area contributed by atoms with Gasteiger partial charge in [0.25, 0.3) is 0 Å². The van der Waals surface area contributed by atoms with Crippen LogP contribution in [0.2, 0.25) is 0 Å². The van der Waals surface area contributed by atoms with Crippen molar-refractivity contribution in [1.82, 2.24) is 5.32 Å². The zero-order valence-electron chi connectivity index (χ0n) is 11.8. The van der Waals surface area contributed by atoms with Crippen molar-refractivity contribution < 1.29 is 9.47 Å². The van der Waals surface area contributed by atoms with E-state index in [1.807, 2.05) is 0 Å². The van der Waals surface area contributed by atoms with E-state index in [0.717, 1.165) is 45.4 Å². The van der Waals surface area contributed by atoms with Crippen LogP contribution in [0.4, 0.5) is 0 Å². The molecule has 0 spiro atoms. The van der Waals surface area contributed by atoms with Crippen molar-refractivity contribution >= 4 is 0 Å². The van der Waals surface area contributed by atoms with Crippen LogP contribution in [-0.4, -0.2) is 38.5 Å². The number of rotatable bonds is 8. The van der Waals surface area contributed by atoms with Crippen molar-refractivity contribution in [3.63, 3.8) is 0 Å². The average molecular weight is 243 g/mol. The Balaban J connectivity index is 2.20. The van der Waals surface area contributed by atoms with Crippen LogP contribution in [-0.2, 0) is 9.47 Å². The van der Waals surface area contributed by atoms with Gasteiger partial charge < -0.3 is 14.8 Å². The minimum atomic E-state index is 0.141. The lowest BCUT2D eigenvalue weighted by Crippen LogP contribution is -2.46. The second-order valence-corrected chi connectivity index (χ2v) is 5.08. The Bertz CT molecular complexity index is 193. The standard InChI is InChI=1S/C14H29NO2/c1-4-14(5-2)12-13(8-11-17-14)15-9-6-7-10-16-3/h13,15H,4-12H2,1-3H3. The predicted molar refractivity (Wildman–Crippen MR) is 71.4 cm³/mol. The quantitative estimate of drug-likeness (QED) is 0.665. The normalized spacial score (nSPS) is 23.8. The molecule has 1 unspecified atom stereocenters. The zero-order valence-corrected chi connectivity index (χ0v) is 11.8. The minimum Gasteiger partial charge on any atom is -0.385 e. The molecular formula is C14H29NO2. The molecule has 0 amide bonds. The van der Waals surface area contributed by atoms with E-state index >= 15 is 0 Å². The van der Waals surface area contributed by atoms with E-state index in [-0.39, 0.29) is 5.60 Å². The number of unbranched alkanes of at least 4 members (excludes halogenated alkanes) is 1. The van der Waals surface area contributed by atoms with E-state index in [4.69, 9.17) is 9.47 Å². The van der Waals surface area contributed by atoms with Crippen LogP contribution in [0.5, 0.6) is 0 Å². The third-order valence-electron chi connectivity index (χ3n) is 3.99. The van der Waals surface area contributed by atoms with Crippen LogP contribution < -0.4 is 5.32 Å². The molecule has 0 radical (unpaired) electrons. The zero-order chi connectivity index (χ0) is 12.6. The Morgan fingerprint density at radius 3 is 2.71 bits per heavy atom. The largest absolute Gasteiger partial charge is 0.385 e. The van der Waals surface area contributed by atoms with Crippen molar-refractivity contribution in [2.45, 2.75) is 64.0 Å². The fourth-order valence-electron chi connectivity index (χ4n) is 2.62. The van der Waals surface area contributed by atoms with Gasteiger partial charge in [0.05, 0.1) is 5.60 Å². The molecule has 1 aliphatic heterocycles. The molecular weight excluding hydrogens is 214 g/mol. The molecule has 1 rings (SSSR count). The SMILES string of the molecule is CCC1(CC)CC(NCCCCOC)CCO1. The first kappa shape index (κ1) is 14.9. The van der Waals surface area contributed by atoms with Gasteiger partial charge in [-0.1, -0.05) is 13.8 Å². The highest BCUT2D eigenvalue weighted by Crippen LogP contribution is 2.31. The molecule has 1 fully saturated rings. The highest BCUT2D eigenvalue weighted by Gasteiger charge is 2.33. The van der Waals surface area contributed by atoms with Gasteiger partial charge in [-0.25, -0.2) is 0 Å². The molecule has 1 aliphatic rings. The highest BCUT2D eigenvalue weighted by atomic mass is 16.5. The molecule has 17 heavy (non-hydrogen) atoms. The number of ether oxygens (including phenoxy) is 2. The van der Waals surface area contributed by atoms with Crippen LogP contribution in [0.1, 0.15) is 52.4 Å². The molecule has 1 N–H and O–H groups in total. The Labute approximate surface area is 106 Å². The van der Waals surface area contributed by atoms with Gasteiger partial charge in [0.2, 0.25) is 0 Å². The summed E-state index contributed by atoms with van der Waals surface area (Å²) < 4.78 is 11.0. The number of hydrogen-bond donors (Lipinski definition) is 1. The summed E-state index contributed by atoms with van der Waals surface area (Å²) in [5.74, 6) is 0. The molecule has 1 saturated heterocycles. The fraction of sp³-hybridized carbons (Fsp3) is 1.00. The lowest BCUT2D eigenvalue weighted by molar-refractivity contribution is -0.0929. The van der Waals surface area contributed by atoms with E-state index in [0.29, 0.717) is 6.04 Å². The molecule has 0 saturated carbocycles. The molecule has 102 valence electrons. The van der Waals surface area contributed by atoms with Crippen molar-refractivity contribution in [2.75, 3.05) is 26.9 Å². The molecule has 3 heteroatoms. The van der Waals surface area contributed by atoms with Crippen molar-refractivity contribution in [1.29, 1.82) is 0 Å². The summed E-state index contributed by atoms with van der Waals surface area (Å²) >= 11 is 0. The first-order chi connectivity index (χ1) is 8.26. The van der Waals surface area contributed by atoms with E-state index in [1.54, 1.807) is 7.11 Å². The van der Waals surface area contributed by atoms with Crippen LogP contribution in [0.25, 0.3) is 0 Å². The van der Waals surface area contributed by atoms with Gasteiger partial charge in [-0.2, -0.15) is 0 Å². The molecule has 0 aromatic rings. The Morgan fingerprint density at radius 2 is 2.06 bits per heavy atom. The first-order valence-corrected chi connectivity index (χ1v) is 7.12. The average Bonchev–Trinajstić information content (AvgIpc) is 2.39.